The normalized spacial score (nSPS) is 21.0. The smallest absolute Gasteiger partial charge is 0.0723 e. The lowest BCUT2D eigenvalue weighted by Crippen LogP contribution is -2.30. The summed E-state index contributed by atoms with van der Waals surface area (Å²) < 4.78 is 2.04. The maximum atomic E-state index is 9.92. The molecule has 0 radical (unpaired) electrons. The van der Waals surface area contributed by atoms with Crippen molar-refractivity contribution in [2.24, 2.45) is 5.92 Å². The van der Waals surface area contributed by atoms with Crippen LogP contribution in [0.15, 0.2) is 36.5 Å². The van der Waals surface area contributed by atoms with Gasteiger partial charge in [0.25, 0.3) is 0 Å². The third-order valence-electron chi connectivity index (χ3n) is 4.76. The van der Waals surface area contributed by atoms with E-state index in [1.165, 1.54) is 11.1 Å². The Hall–Kier alpha value is -1.69. The first-order valence-electron chi connectivity index (χ1n) is 9.13. The molecule has 0 bridgehead atoms. The van der Waals surface area contributed by atoms with E-state index in [1.54, 1.807) is 0 Å². The highest BCUT2D eigenvalue weighted by molar-refractivity contribution is 5.25. The summed E-state index contributed by atoms with van der Waals surface area (Å²) in [6.45, 7) is 10.6. The van der Waals surface area contributed by atoms with Gasteiger partial charge in [0.05, 0.1) is 18.3 Å². The van der Waals surface area contributed by atoms with E-state index >= 15 is 0 Å². The summed E-state index contributed by atoms with van der Waals surface area (Å²) in [6, 6.07) is 10.4. The largest absolute Gasteiger partial charge is 0.391 e. The summed E-state index contributed by atoms with van der Waals surface area (Å²) in [5, 5.41) is 21.5. The summed E-state index contributed by atoms with van der Waals surface area (Å²) in [5.74, 6) is 0.289. The van der Waals surface area contributed by atoms with Crippen molar-refractivity contribution in [1.29, 1.82) is 0 Å². The van der Waals surface area contributed by atoms with Crippen LogP contribution in [-0.2, 0) is 18.5 Å². The highest BCUT2D eigenvalue weighted by Gasteiger charge is 2.25. The molecule has 1 saturated heterocycles. The Morgan fingerprint density at radius 3 is 2.64 bits per heavy atom. The van der Waals surface area contributed by atoms with Gasteiger partial charge in [-0.2, -0.15) is 5.10 Å². The standard InChI is InChI=1S/C20H30N4O/c1-20(2,3)19-17(11-21-9-16-10-22-12-18(16)25)14-24(23-19)13-15-7-5-4-6-8-15/h4-8,14,16,18,21-22,25H,9-13H2,1-3H3. The lowest BCUT2D eigenvalue weighted by Gasteiger charge is -2.18. The average molecular weight is 342 g/mol. The summed E-state index contributed by atoms with van der Waals surface area (Å²) in [5.41, 5.74) is 3.64. The molecule has 5 heteroatoms. The predicted molar refractivity (Wildman–Crippen MR) is 101 cm³/mol. The van der Waals surface area contributed by atoms with Crippen LogP contribution in [-0.4, -0.2) is 40.6 Å². The van der Waals surface area contributed by atoms with Gasteiger partial charge >= 0.3 is 0 Å². The summed E-state index contributed by atoms with van der Waals surface area (Å²) in [6.07, 6.45) is 1.92. The van der Waals surface area contributed by atoms with E-state index in [1.807, 2.05) is 10.7 Å². The van der Waals surface area contributed by atoms with Crippen LogP contribution >= 0.6 is 0 Å². The van der Waals surface area contributed by atoms with Crippen LogP contribution in [0, 0.1) is 5.92 Å². The summed E-state index contributed by atoms with van der Waals surface area (Å²) in [4.78, 5) is 0. The molecule has 0 saturated carbocycles. The number of hydrogen-bond donors (Lipinski definition) is 3. The van der Waals surface area contributed by atoms with Crippen molar-refractivity contribution in [2.45, 2.75) is 45.4 Å². The molecule has 25 heavy (non-hydrogen) atoms. The van der Waals surface area contributed by atoms with Gasteiger partial charge in [-0.15, -0.1) is 0 Å². The van der Waals surface area contributed by atoms with E-state index in [4.69, 9.17) is 5.10 Å². The first-order chi connectivity index (χ1) is 11.9. The average Bonchev–Trinajstić information content (AvgIpc) is 3.15. The van der Waals surface area contributed by atoms with Crippen LogP contribution in [0.4, 0.5) is 0 Å². The quantitative estimate of drug-likeness (QED) is 0.750. The molecule has 5 nitrogen and oxygen atoms in total. The molecule has 0 aliphatic carbocycles. The molecule has 1 aromatic carbocycles. The van der Waals surface area contributed by atoms with Gasteiger partial charge < -0.3 is 15.7 Å². The van der Waals surface area contributed by atoms with Crippen LogP contribution < -0.4 is 10.6 Å². The first kappa shape index (κ1) is 18.1. The van der Waals surface area contributed by atoms with Gasteiger partial charge in [0.2, 0.25) is 0 Å². The summed E-state index contributed by atoms with van der Waals surface area (Å²) >= 11 is 0. The Morgan fingerprint density at radius 1 is 1.24 bits per heavy atom. The number of nitrogens with zero attached hydrogens (tertiary/aromatic N) is 2. The molecule has 3 rings (SSSR count). The number of rotatable bonds is 6. The Kier molecular flexibility index (Phi) is 5.57. The fourth-order valence-corrected chi connectivity index (χ4v) is 3.39. The molecule has 2 atom stereocenters. The van der Waals surface area contributed by atoms with Gasteiger partial charge in [-0.1, -0.05) is 51.1 Å². The van der Waals surface area contributed by atoms with E-state index in [0.29, 0.717) is 6.54 Å². The molecular formula is C20H30N4O. The van der Waals surface area contributed by atoms with E-state index in [9.17, 15) is 5.11 Å². The lowest BCUT2D eigenvalue weighted by molar-refractivity contribution is 0.146. The van der Waals surface area contributed by atoms with Gasteiger partial charge in [-0.05, 0) is 5.56 Å². The van der Waals surface area contributed by atoms with Crippen LogP contribution in [0.2, 0.25) is 0 Å². The molecule has 3 N–H and O–H groups in total. The SMILES string of the molecule is CC(C)(C)c1nn(Cc2ccccc2)cc1CNCC1CNCC1O. The van der Waals surface area contributed by atoms with E-state index in [0.717, 1.165) is 31.9 Å². The molecule has 2 heterocycles. The molecule has 136 valence electrons. The maximum Gasteiger partial charge on any atom is 0.0723 e. The maximum absolute atomic E-state index is 9.92. The lowest BCUT2D eigenvalue weighted by atomic mass is 9.89. The Morgan fingerprint density at radius 2 is 2.00 bits per heavy atom. The third kappa shape index (κ3) is 4.69. The zero-order chi connectivity index (χ0) is 17.9. The van der Waals surface area contributed by atoms with Crippen LogP contribution in [0.25, 0.3) is 0 Å². The van der Waals surface area contributed by atoms with Crippen molar-refractivity contribution in [3.8, 4) is 0 Å². The predicted octanol–water partition coefficient (Wildman–Crippen LogP) is 1.90. The van der Waals surface area contributed by atoms with E-state index < -0.39 is 0 Å². The number of aliphatic hydroxyl groups excluding tert-OH is 1. The Bertz CT molecular complexity index is 675. The number of nitrogens with one attached hydrogen (secondary N) is 2. The van der Waals surface area contributed by atoms with Gasteiger partial charge in [-0.25, -0.2) is 0 Å². The monoisotopic (exact) mass is 342 g/mol. The minimum Gasteiger partial charge on any atom is -0.391 e. The zero-order valence-electron chi connectivity index (χ0n) is 15.5. The van der Waals surface area contributed by atoms with Gasteiger partial charge in [-0.3, -0.25) is 4.68 Å². The number of hydrogen-bond acceptors (Lipinski definition) is 4. The molecule has 1 aliphatic heterocycles. The Labute approximate surface area is 150 Å². The van der Waals surface area contributed by atoms with Crippen molar-refractivity contribution >= 4 is 0 Å². The van der Waals surface area contributed by atoms with Crippen LogP contribution in [0.5, 0.6) is 0 Å². The second kappa shape index (κ2) is 7.68. The Balaban J connectivity index is 1.68. The second-order valence-corrected chi connectivity index (χ2v) is 8.05. The van der Waals surface area contributed by atoms with Crippen LogP contribution in [0.3, 0.4) is 0 Å². The topological polar surface area (TPSA) is 62.1 Å². The van der Waals surface area contributed by atoms with Crippen molar-refractivity contribution in [3.63, 3.8) is 0 Å². The summed E-state index contributed by atoms with van der Waals surface area (Å²) in [7, 11) is 0. The molecule has 1 aromatic heterocycles. The highest BCUT2D eigenvalue weighted by atomic mass is 16.3. The highest BCUT2D eigenvalue weighted by Crippen LogP contribution is 2.24. The van der Waals surface area contributed by atoms with Crippen molar-refractivity contribution in [1.82, 2.24) is 20.4 Å². The van der Waals surface area contributed by atoms with Crippen molar-refractivity contribution in [2.75, 3.05) is 19.6 Å². The fraction of sp³-hybridized carbons (Fsp3) is 0.550. The minimum absolute atomic E-state index is 0.00732. The molecule has 2 aromatic rings. The minimum atomic E-state index is -0.240. The molecule has 0 spiro atoms. The van der Waals surface area contributed by atoms with E-state index in [-0.39, 0.29) is 17.4 Å². The van der Waals surface area contributed by atoms with E-state index in [2.05, 4.69) is 61.9 Å². The van der Waals surface area contributed by atoms with Crippen LogP contribution in [0.1, 0.15) is 37.6 Å². The van der Waals surface area contributed by atoms with Gasteiger partial charge in [0, 0.05) is 49.3 Å². The van der Waals surface area contributed by atoms with Crippen molar-refractivity contribution in [3.05, 3.63) is 53.3 Å². The second-order valence-electron chi connectivity index (χ2n) is 8.05. The molecule has 2 unspecified atom stereocenters. The molecule has 0 amide bonds. The first-order valence-corrected chi connectivity index (χ1v) is 9.13. The van der Waals surface area contributed by atoms with Crippen molar-refractivity contribution < 1.29 is 5.11 Å². The number of aliphatic hydroxyl groups is 1. The number of benzene rings is 1. The number of β-amino-alcohol motifs (C(OH)–C–C–N with tert-alkyl or cyclic N) is 1. The fourth-order valence-electron chi connectivity index (χ4n) is 3.39. The van der Waals surface area contributed by atoms with Gasteiger partial charge in [0.1, 0.15) is 0 Å². The zero-order valence-corrected chi connectivity index (χ0v) is 15.5. The third-order valence-corrected chi connectivity index (χ3v) is 4.76. The van der Waals surface area contributed by atoms with Gasteiger partial charge in [0.15, 0.2) is 0 Å². The molecule has 1 fully saturated rings. The molecule has 1 aliphatic rings. The number of aromatic nitrogens is 2. The molecular weight excluding hydrogens is 312 g/mol.